The van der Waals surface area contributed by atoms with Gasteiger partial charge in [-0.3, -0.25) is 0 Å². The van der Waals surface area contributed by atoms with Crippen molar-refractivity contribution in [1.82, 2.24) is 0 Å². The molecule has 2 amide bonds. The lowest BCUT2D eigenvalue weighted by molar-refractivity contribution is 0.256. The average Bonchev–Trinajstić information content (AvgIpc) is 1.33. The largest absolute Gasteiger partial charge is 0.352 e. The molecule has 0 unspecified atom stereocenters. The van der Waals surface area contributed by atoms with Crippen molar-refractivity contribution in [3.8, 4) is 0 Å². The minimum atomic E-state index is -0.833. The van der Waals surface area contributed by atoms with Crippen LogP contribution in [-0.2, 0) is 4.79 Å². The Morgan fingerprint density at radius 3 is 1.57 bits per heavy atom. The van der Waals surface area contributed by atoms with Crippen LogP contribution < -0.4 is 11.5 Å². The van der Waals surface area contributed by atoms with E-state index in [0.29, 0.717) is 0 Å². The molecule has 0 radical (unpaired) electrons. The number of hydrogen-bond acceptors (Lipinski definition) is 2. The van der Waals surface area contributed by atoms with E-state index in [1.807, 2.05) is 0 Å². The second kappa shape index (κ2) is 8.83. The lowest BCUT2D eigenvalue weighted by Gasteiger charge is -1.62. The third-order valence-corrected chi connectivity index (χ3v) is 0. The Bertz CT molecular complexity index is 78.9. The number of carbonyl (C=O) groups excluding carboxylic acids is 2. The van der Waals surface area contributed by atoms with Gasteiger partial charge in [-0.25, -0.2) is 9.59 Å². The minimum absolute atomic E-state index is 0.833. The van der Waals surface area contributed by atoms with Gasteiger partial charge in [-0.2, -0.15) is 0 Å². The molecule has 0 aliphatic heterocycles. The number of urea groups is 1. The summed E-state index contributed by atoms with van der Waals surface area (Å²) in [5, 5.41) is 0. The summed E-state index contributed by atoms with van der Waals surface area (Å²) < 4.78 is 0. The number of amides is 2. The van der Waals surface area contributed by atoms with Gasteiger partial charge in [0.05, 0.1) is 0 Å². The van der Waals surface area contributed by atoms with E-state index in [4.69, 9.17) is 9.59 Å². The summed E-state index contributed by atoms with van der Waals surface area (Å²) in [6.07, 6.45) is 0. The Morgan fingerprint density at radius 2 is 1.57 bits per heavy atom. The fraction of sp³-hybridized carbons (Fsp3) is 0. The van der Waals surface area contributed by atoms with Gasteiger partial charge in [0.2, 0.25) is 0 Å². The van der Waals surface area contributed by atoms with Crippen molar-refractivity contribution in [3.63, 3.8) is 0 Å². The predicted octanol–water partition coefficient (Wildman–Crippen LogP) is -0.972. The molecule has 4 nitrogen and oxygen atoms in total. The van der Waals surface area contributed by atoms with E-state index in [9.17, 15) is 0 Å². The molecule has 0 saturated heterocycles. The van der Waals surface area contributed by atoms with Crippen LogP contribution in [0.25, 0.3) is 0 Å². The molecule has 0 aromatic carbocycles. The molecule has 0 spiro atoms. The minimum Gasteiger partial charge on any atom is -0.352 e. The zero-order valence-electron chi connectivity index (χ0n) is 3.68. The molecule has 0 atom stereocenters. The smallest absolute Gasteiger partial charge is 0.309 e. The van der Waals surface area contributed by atoms with Crippen molar-refractivity contribution in [3.05, 3.63) is 6.58 Å². The van der Waals surface area contributed by atoms with Gasteiger partial charge in [-0.1, -0.05) is 0 Å². The third-order valence-electron chi connectivity index (χ3n) is 0. The van der Waals surface area contributed by atoms with Crippen molar-refractivity contribution in [2.45, 2.75) is 0 Å². The molecular weight excluding hydrogens is 96.0 g/mol. The SMILES string of the molecule is C=C=O.NC(N)=O. The lowest BCUT2D eigenvalue weighted by Crippen LogP contribution is -2.18. The Kier molecular flexibility index (Phi) is 11.6. The summed E-state index contributed by atoms with van der Waals surface area (Å²) in [5.41, 5.74) is 8.50. The second-order valence-corrected chi connectivity index (χ2v) is 0.547. The number of hydrogen-bond donors (Lipinski definition) is 2. The van der Waals surface area contributed by atoms with E-state index in [2.05, 4.69) is 18.0 Å². The molecule has 0 aromatic heterocycles. The summed E-state index contributed by atoms with van der Waals surface area (Å²) in [5.74, 6) is 1.25. The molecule has 4 heteroatoms. The van der Waals surface area contributed by atoms with Crippen molar-refractivity contribution in [1.29, 1.82) is 0 Å². The van der Waals surface area contributed by atoms with Gasteiger partial charge in [0.1, 0.15) is 5.94 Å². The summed E-state index contributed by atoms with van der Waals surface area (Å²) >= 11 is 0. The first-order valence-corrected chi connectivity index (χ1v) is 1.34. The molecule has 0 aliphatic rings. The average molecular weight is 102 g/mol. The topological polar surface area (TPSA) is 86.2 Å². The molecule has 0 fully saturated rings. The molecule has 7 heavy (non-hydrogen) atoms. The zero-order valence-corrected chi connectivity index (χ0v) is 3.68. The maximum Gasteiger partial charge on any atom is 0.309 e. The molecule has 4 N–H and O–H groups in total. The number of nitrogens with two attached hydrogens (primary N) is 2. The van der Waals surface area contributed by atoms with E-state index in [1.54, 1.807) is 0 Å². The standard InChI is InChI=1S/C2H2O.CH4N2O/c1-2-3;2-1(3)4/h1H2;(H4,2,3,4). The monoisotopic (exact) mass is 102 g/mol. The summed E-state index contributed by atoms with van der Waals surface area (Å²) in [6, 6.07) is -0.833. The molecule has 0 saturated carbocycles. The first-order chi connectivity index (χ1) is 3.15. The molecule has 40 valence electrons. The van der Waals surface area contributed by atoms with Crippen LogP contribution in [0.5, 0.6) is 0 Å². The van der Waals surface area contributed by atoms with E-state index < -0.39 is 6.03 Å². The Morgan fingerprint density at radius 1 is 1.57 bits per heavy atom. The molecular formula is C3H6N2O2. The van der Waals surface area contributed by atoms with Gasteiger partial charge in [0.25, 0.3) is 0 Å². The van der Waals surface area contributed by atoms with Gasteiger partial charge >= 0.3 is 6.03 Å². The first-order valence-electron chi connectivity index (χ1n) is 1.34. The van der Waals surface area contributed by atoms with Crippen LogP contribution in [-0.4, -0.2) is 12.0 Å². The van der Waals surface area contributed by atoms with Crippen LogP contribution in [0, 0.1) is 0 Å². The predicted molar refractivity (Wildman–Crippen MR) is 25.1 cm³/mol. The third kappa shape index (κ3) is 21.3. The summed E-state index contributed by atoms with van der Waals surface area (Å²) in [7, 11) is 0. The van der Waals surface area contributed by atoms with Crippen molar-refractivity contribution in [2.75, 3.05) is 0 Å². The van der Waals surface area contributed by atoms with E-state index >= 15 is 0 Å². The van der Waals surface area contributed by atoms with Crippen molar-refractivity contribution in [2.24, 2.45) is 11.5 Å². The van der Waals surface area contributed by atoms with Gasteiger partial charge in [-0.05, 0) is 6.58 Å². The highest BCUT2D eigenvalue weighted by Gasteiger charge is 1.60. The number of rotatable bonds is 0. The first kappa shape index (κ1) is 9.21. The molecule has 0 bridgehead atoms. The number of carbonyl (C=O) groups is 1. The highest BCUT2D eigenvalue weighted by Crippen LogP contribution is 1.25. The van der Waals surface area contributed by atoms with Gasteiger partial charge in [0, 0.05) is 0 Å². The second-order valence-electron chi connectivity index (χ2n) is 0.547. The molecule has 0 aromatic rings. The zero-order chi connectivity index (χ0) is 6.28. The van der Waals surface area contributed by atoms with Crippen LogP contribution >= 0.6 is 0 Å². The fourth-order valence-electron chi connectivity index (χ4n) is 0. The quantitative estimate of drug-likeness (QED) is 0.385. The van der Waals surface area contributed by atoms with Crippen LogP contribution in [0.2, 0.25) is 0 Å². The van der Waals surface area contributed by atoms with Crippen LogP contribution in [0.1, 0.15) is 0 Å². The van der Waals surface area contributed by atoms with Crippen LogP contribution in [0.15, 0.2) is 6.58 Å². The van der Waals surface area contributed by atoms with E-state index in [0.717, 1.165) is 0 Å². The summed E-state index contributed by atoms with van der Waals surface area (Å²) in [6.45, 7) is 2.68. The molecule has 0 rings (SSSR count). The number of primary amides is 2. The fourth-order valence-corrected chi connectivity index (χ4v) is 0. The maximum atomic E-state index is 9.00. The summed E-state index contributed by atoms with van der Waals surface area (Å²) in [4.78, 5) is 17.6. The van der Waals surface area contributed by atoms with Crippen molar-refractivity contribution >= 4 is 12.0 Å². The normalized spacial score (nSPS) is 4.57. The van der Waals surface area contributed by atoms with Crippen molar-refractivity contribution < 1.29 is 9.59 Å². The van der Waals surface area contributed by atoms with Gasteiger partial charge in [-0.15, -0.1) is 0 Å². The Labute approximate surface area is 40.8 Å². The van der Waals surface area contributed by atoms with Gasteiger partial charge < -0.3 is 11.5 Å². The Balaban J connectivity index is 0. The maximum absolute atomic E-state index is 9.00. The van der Waals surface area contributed by atoms with Gasteiger partial charge in [0.15, 0.2) is 0 Å². The Hall–Kier alpha value is -1.28. The highest BCUT2D eigenvalue weighted by molar-refractivity contribution is 5.69. The van der Waals surface area contributed by atoms with Crippen LogP contribution in [0.4, 0.5) is 4.79 Å². The van der Waals surface area contributed by atoms with E-state index in [1.165, 1.54) is 5.94 Å². The molecule has 0 heterocycles. The highest BCUT2D eigenvalue weighted by atomic mass is 16.2. The molecule has 0 aliphatic carbocycles. The van der Waals surface area contributed by atoms with Crippen LogP contribution in [0.3, 0.4) is 0 Å². The van der Waals surface area contributed by atoms with E-state index in [-0.39, 0.29) is 0 Å². The lowest BCUT2D eigenvalue weighted by atomic mass is 11.2.